The Morgan fingerprint density at radius 1 is 1.16 bits per heavy atom. The number of hydrogen-bond donors (Lipinski definition) is 1. The van der Waals surface area contributed by atoms with Crippen LogP contribution in [0.15, 0.2) is 59.2 Å². The predicted octanol–water partition coefficient (Wildman–Crippen LogP) is 3.66. The summed E-state index contributed by atoms with van der Waals surface area (Å²) in [5.41, 5.74) is 1.47. The van der Waals surface area contributed by atoms with Crippen molar-refractivity contribution in [1.29, 1.82) is 0 Å². The van der Waals surface area contributed by atoms with Gasteiger partial charge >= 0.3 is 5.97 Å². The maximum Gasteiger partial charge on any atom is 0.338 e. The van der Waals surface area contributed by atoms with Gasteiger partial charge in [0.05, 0.1) is 23.4 Å². The van der Waals surface area contributed by atoms with Gasteiger partial charge < -0.3 is 23.9 Å². The average molecular weight is 424 g/mol. The van der Waals surface area contributed by atoms with Gasteiger partial charge in [0.25, 0.3) is 11.6 Å². The Morgan fingerprint density at radius 2 is 1.97 bits per heavy atom. The summed E-state index contributed by atoms with van der Waals surface area (Å²) < 4.78 is 20.9. The molecule has 1 aromatic heterocycles. The average Bonchev–Trinajstić information content (AvgIpc) is 3.32. The third kappa shape index (κ3) is 4.54. The van der Waals surface area contributed by atoms with Crippen LogP contribution in [-0.2, 0) is 22.7 Å². The number of rotatable bonds is 6. The number of hydrogen-bond acceptors (Lipinski definition) is 8. The zero-order valence-corrected chi connectivity index (χ0v) is 16.0. The first-order valence-electron chi connectivity index (χ1n) is 9.14. The Kier molecular flexibility index (Phi) is 5.63. The molecule has 10 heteroatoms. The van der Waals surface area contributed by atoms with Crippen molar-refractivity contribution >= 4 is 23.3 Å². The van der Waals surface area contributed by atoms with Crippen molar-refractivity contribution in [1.82, 2.24) is 0 Å². The number of amides is 1. The molecule has 4 rings (SSSR count). The highest BCUT2D eigenvalue weighted by Crippen LogP contribution is 2.33. The first kappa shape index (κ1) is 20.1. The highest BCUT2D eigenvalue weighted by Gasteiger charge is 2.22. The second-order valence-corrected chi connectivity index (χ2v) is 6.55. The van der Waals surface area contributed by atoms with Crippen molar-refractivity contribution in [3.05, 3.63) is 87.4 Å². The quantitative estimate of drug-likeness (QED) is 0.360. The Bertz CT molecular complexity index is 1120. The van der Waals surface area contributed by atoms with Crippen LogP contribution in [0.4, 0.5) is 11.4 Å². The van der Waals surface area contributed by atoms with E-state index in [0.29, 0.717) is 22.6 Å². The number of furan rings is 1. The van der Waals surface area contributed by atoms with Gasteiger partial charge in [-0.3, -0.25) is 14.9 Å². The number of esters is 1. The van der Waals surface area contributed by atoms with Gasteiger partial charge in [-0.2, -0.15) is 0 Å². The van der Waals surface area contributed by atoms with E-state index in [1.54, 1.807) is 18.2 Å². The molecule has 0 saturated heterocycles. The van der Waals surface area contributed by atoms with Crippen molar-refractivity contribution < 1.29 is 33.1 Å². The normalized spacial score (nSPS) is 12.4. The molecule has 1 amide bonds. The largest absolute Gasteiger partial charge is 0.467 e. The SMILES string of the molecule is O=C(OCc1cc([N+](=O)[O-])cc2c1OCOC2)c1ccc(NC(=O)c2ccco2)cc1. The van der Waals surface area contributed by atoms with Gasteiger partial charge in [0.1, 0.15) is 12.4 Å². The predicted molar refractivity (Wildman–Crippen MR) is 106 cm³/mol. The number of carbonyl (C=O) groups excluding carboxylic acids is 2. The second kappa shape index (κ2) is 8.67. The van der Waals surface area contributed by atoms with Crippen LogP contribution in [-0.4, -0.2) is 23.6 Å². The lowest BCUT2D eigenvalue weighted by Gasteiger charge is -2.20. The van der Waals surface area contributed by atoms with Crippen molar-refractivity contribution in [2.45, 2.75) is 13.2 Å². The minimum atomic E-state index is -0.628. The fourth-order valence-electron chi connectivity index (χ4n) is 3.01. The van der Waals surface area contributed by atoms with Crippen LogP contribution in [0, 0.1) is 10.1 Å². The van der Waals surface area contributed by atoms with Gasteiger partial charge in [-0.05, 0) is 36.4 Å². The highest BCUT2D eigenvalue weighted by molar-refractivity contribution is 6.02. The van der Waals surface area contributed by atoms with Crippen molar-refractivity contribution in [3.8, 4) is 5.75 Å². The van der Waals surface area contributed by atoms with Crippen LogP contribution in [0.1, 0.15) is 32.0 Å². The summed E-state index contributed by atoms with van der Waals surface area (Å²) in [6, 6.07) is 11.9. The Hall–Kier alpha value is -4.18. The van der Waals surface area contributed by atoms with E-state index in [1.165, 1.54) is 36.6 Å². The molecule has 1 aliphatic heterocycles. The molecule has 2 aromatic carbocycles. The molecule has 10 nitrogen and oxygen atoms in total. The lowest BCUT2D eigenvalue weighted by atomic mass is 10.1. The van der Waals surface area contributed by atoms with E-state index < -0.39 is 16.8 Å². The van der Waals surface area contributed by atoms with E-state index in [2.05, 4.69) is 5.32 Å². The van der Waals surface area contributed by atoms with Crippen LogP contribution in [0.25, 0.3) is 0 Å². The first-order chi connectivity index (χ1) is 15.0. The molecule has 0 saturated carbocycles. The van der Waals surface area contributed by atoms with Crippen LogP contribution in [0.2, 0.25) is 0 Å². The molecule has 0 unspecified atom stereocenters. The topological polar surface area (TPSA) is 130 Å². The number of fused-ring (bicyclic) bond motifs is 1. The number of non-ortho nitro benzene ring substituents is 1. The molecule has 1 aliphatic rings. The molecule has 0 atom stereocenters. The van der Waals surface area contributed by atoms with E-state index >= 15 is 0 Å². The lowest BCUT2D eigenvalue weighted by Crippen LogP contribution is -2.15. The number of nitro benzene ring substituents is 1. The molecule has 0 spiro atoms. The minimum absolute atomic E-state index is 0.0109. The fourth-order valence-corrected chi connectivity index (χ4v) is 3.01. The molecule has 158 valence electrons. The number of nitrogens with one attached hydrogen (secondary N) is 1. The molecule has 31 heavy (non-hydrogen) atoms. The number of nitro groups is 1. The molecule has 1 N–H and O–H groups in total. The number of carbonyl (C=O) groups is 2. The molecular weight excluding hydrogens is 408 g/mol. The lowest BCUT2D eigenvalue weighted by molar-refractivity contribution is -0.385. The summed E-state index contributed by atoms with van der Waals surface area (Å²) in [5.74, 6) is -0.465. The molecule has 0 fully saturated rings. The summed E-state index contributed by atoms with van der Waals surface area (Å²) >= 11 is 0. The Morgan fingerprint density at radius 3 is 2.68 bits per heavy atom. The fraction of sp³-hybridized carbons (Fsp3) is 0.143. The molecular formula is C21H16N2O8. The third-order valence-electron chi connectivity index (χ3n) is 4.46. The monoisotopic (exact) mass is 424 g/mol. The minimum Gasteiger partial charge on any atom is -0.467 e. The van der Waals surface area contributed by atoms with Crippen molar-refractivity contribution in [3.63, 3.8) is 0 Å². The van der Waals surface area contributed by atoms with Crippen LogP contribution in [0.5, 0.6) is 5.75 Å². The highest BCUT2D eigenvalue weighted by atomic mass is 16.7. The van der Waals surface area contributed by atoms with Gasteiger partial charge in [0.2, 0.25) is 0 Å². The van der Waals surface area contributed by atoms with E-state index in [9.17, 15) is 19.7 Å². The standard InChI is InChI=1S/C21H16N2O8/c24-20(18-2-1-7-29-18)22-16-5-3-13(4-6-16)21(25)30-11-15-9-17(23(26)27)8-14-10-28-12-31-19(14)15/h1-9H,10-12H2,(H,22,24). The number of benzene rings is 2. The Labute approximate surface area is 175 Å². The van der Waals surface area contributed by atoms with Crippen molar-refractivity contribution in [2.24, 2.45) is 0 Å². The van der Waals surface area contributed by atoms with Gasteiger partial charge in [0, 0.05) is 28.9 Å². The molecule has 0 aliphatic carbocycles. The number of anilines is 1. The maximum absolute atomic E-state index is 12.4. The van der Waals surface area contributed by atoms with Gasteiger partial charge in [-0.1, -0.05) is 0 Å². The summed E-state index contributed by atoms with van der Waals surface area (Å²) in [6.45, 7) is -0.0279. The van der Waals surface area contributed by atoms with Gasteiger partial charge in [0.15, 0.2) is 12.6 Å². The molecule has 3 aromatic rings. The van der Waals surface area contributed by atoms with E-state index in [0.717, 1.165) is 0 Å². The van der Waals surface area contributed by atoms with E-state index in [-0.39, 0.29) is 37.0 Å². The van der Waals surface area contributed by atoms with Gasteiger partial charge in [-0.25, -0.2) is 4.79 Å². The zero-order valence-electron chi connectivity index (χ0n) is 16.0. The van der Waals surface area contributed by atoms with Crippen LogP contribution >= 0.6 is 0 Å². The second-order valence-electron chi connectivity index (χ2n) is 6.55. The van der Waals surface area contributed by atoms with Gasteiger partial charge in [-0.15, -0.1) is 0 Å². The van der Waals surface area contributed by atoms with E-state index in [1.807, 2.05) is 0 Å². The molecule has 2 heterocycles. The first-order valence-corrected chi connectivity index (χ1v) is 9.14. The van der Waals surface area contributed by atoms with E-state index in [4.69, 9.17) is 18.6 Å². The summed E-state index contributed by atoms with van der Waals surface area (Å²) in [6.07, 6.45) is 1.39. The summed E-state index contributed by atoms with van der Waals surface area (Å²) in [5, 5.41) is 13.8. The molecule has 0 bridgehead atoms. The number of ether oxygens (including phenoxy) is 3. The Balaban J connectivity index is 1.42. The van der Waals surface area contributed by atoms with Crippen LogP contribution < -0.4 is 10.1 Å². The summed E-state index contributed by atoms with van der Waals surface area (Å²) in [7, 11) is 0. The summed E-state index contributed by atoms with van der Waals surface area (Å²) in [4.78, 5) is 35.0. The maximum atomic E-state index is 12.4. The van der Waals surface area contributed by atoms with Crippen molar-refractivity contribution in [2.75, 3.05) is 12.1 Å². The number of nitrogens with zero attached hydrogens (tertiary/aromatic N) is 1. The molecule has 0 radical (unpaired) electrons. The van der Waals surface area contributed by atoms with Crippen LogP contribution in [0.3, 0.4) is 0 Å². The zero-order chi connectivity index (χ0) is 21.8. The third-order valence-corrected chi connectivity index (χ3v) is 4.46. The smallest absolute Gasteiger partial charge is 0.338 e.